The predicted molar refractivity (Wildman–Crippen MR) is 84.7 cm³/mol. The molecule has 21 heavy (non-hydrogen) atoms. The van der Waals surface area contributed by atoms with Gasteiger partial charge in [-0.1, -0.05) is 18.2 Å². The standard InChI is InChI=1S/C17H16ClNO2/c18-10-9-14-13-6-5-12-3-1-2-4-15(12)19-16(13)7-8-17(14)21-11-20/h1-4,7-8,11,19H,5-6,9-10H2. The van der Waals surface area contributed by atoms with Gasteiger partial charge in [0.15, 0.2) is 0 Å². The van der Waals surface area contributed by atoms with Crippen LogP contribution in [0.15, 0.2) is 36.4 Å². The van der Waals surface area contributed by atoms with Gasteiger partial charge in [-0.3, -0.25) is 4.79 Å². The number of hydrogen-bond acceptors (Lipinski definition) is 3. The highest BCUT2D eigenvalue weighted by atomic mass is 35.5. The molecule has 0 saturated heterocycles. The topological polar surface area (TPSA) is 38.3 Å². The lowest BCUT2D eigenvalue weighted by atomic mass is 9.97. The number of nitrogens with one attached hydrogen (secondary N) is 1. The van der Waals surface area contributed by atoms with E-state index in [-0.39, 0.29) is 0 Å². The third-order valence-electron chi connectivity index (χ3n) is 3.84. The summed E-state index contributed by atoms with van der Waals surface area (Å²) in [6.45, 7) is 0.471. The van der Waals surface area contributed by atoms with E-state index in [1.165, 1.54) is 11.1 Å². The summed E-state index contributed by atoms with van der Waals surface area (Å²) in [4.78, 5) is 10.7. The second-order valence-electron chi connectivity index (χ2n) is 5.00. The Morgan fingerprint density at radius 1 is 1.14 bits per heavy atom. The molecule has 0 atom stereocenters. The Bertz CT molecular complexity index is 670. The fourth-order valence-electron chi connectivity index (χ4n) is 2.87. The van der Waals surface area contributed by atoms with E-state index in [2.05, 4.69) is 23.5 Å². The van der Waals surface area contributed by atoms with Crippen LogP contribution in [0.4, 0.5) is 11.4 Å². The number of fused-ring (bicyclic) bond motifs is 2. The van der Waals surface area contributed by atoms with E-state index in [0.29, 0.717) is 24.5 Å². The van der Waals surface area contributed by atoms with Gasteiger partial charge in [0.25, 0.3) is 6.47 Å². The minimum Gasteiger partial charge on any atom is -0.428 e. The van der Waals surface area contributed by atoms with Crippen molar-refractivity contribution in [3.05, 3.63) is 53.1 Å². The summed E-state index contributed by atoms with van der Waals surface area (Å²) in [7, 11) is 0. The number of anilines is 2. The largest absolute Gasteiger partial charge is 0.428 e. The molecule has 1 aliphatic heterocycles. The molecule has 2 aromatic carbocycles. The Morgan fingerprint density at radius 3 is 2.81 bits per heavy atom. The molecule has 4 heteroatoms. The van der Waals surface area contributed by atoms with Gasteiger partial charge in [0, 0.05) is 22.8 Å². The molecule has 0 aromatic heterocycles. The van der Waals surface area contributed by atoms with Gasteiger partial charge in [-0.2, -0.15) is 0 Å². The molecule has 1 heterocycles. The third-order valence-corrected chi connectivity index (χ3v) is 4.03. The van der Waals surface area contributed by atoms with Gasteiger partial charge in [0.1, 0.15) is 5.75 Å². The Balaban J connectivity index is 2.06. The molecule has 3 rings (SSSR count). The molecule has 0 unspecified atom stereocenters. The molecule has 0 fully saturated rings. The van der Waals surface area contributed by atoms with Crippen molar-refractivity contribution < 1.29 is 9.53 Å². The highest BCUT2D eigenvalue weighted by Crippen LogP contribution is 2.36. The van der Waals surface area contributed by atoms with Crippen LogP contribution in [0.5, 0.6) is 5.75 Å². The van der Waals surface area contributed by atoms with Gasteiger partial charge in [-0.25, -0.2) is 0 Å². The maximum atomic E-state index is 10.7. The molecule has 0 aliphatic carbocycles. The van der Waals surface area contributed by atoms with Crippen LogP contribution in [-0.4, -0.2) is 12.4 Å². The van der Waals surface area contributed by atoms with Crippen LogP contribution in [0, 0.1) is 0 Å². The summed E-state index contributed by atoms with van der Waals surface area (Å²) in [6.07, 6.45) is 2.55. The minimum absolute atomic E-state index is 0.471. The lowest BCUT2D eigenvalue weighted by molar-refractivity contribution is -0.120. The average molecular weight is 302 g/mol. The van der Waals surface area contributed by atoms with Gasteiger partial charge < -0.3 is 10.1 Å². The van der Waals surface area contributed by atoms with E-state index in [0.717, 1.165) is 29.8 Å². The van der Waals surface area contributed by atoms with Crippen molar-refractivity contribution in [3.63, 3.8) is 0 Å². The summed E-state index contributed by atoms with van der Waals surface area (Å²) in [5.41, 5.74) is 5.71. The summed E-state index contributed by atoms with van der Waals surface area (Å²) in [6, 6.07) is 12.1. The number of rotatable bonds is 4. The fraction of sp³-hybridized carbons (Fsp3) is 0.235. The van der Waals surface area contributed by atoms with Crippen molar-refractivity contribution in [2.45, 2.75) is 19.3 Å². The predicted octanol–water partition coefficient (Wildman–Crippen LogP) is 3.85. The van der Waals surface area contributed by atoms with Crippen molar-refractivity contribution in [1.82, 2.24) is 0 Å². The van der Waals surface area contributed by atoms with E-state index < -0.39 is 0 Å². The number of benzene rings is 2. The van der Waals surface area contributed by atoms with E-state index >= 15 is 0 Å². The first-order chi connectivity index (χ1) is 10.3. The zero-order chi connectivity index (χ0) is 14.7. The molecule has 0 spiro atoms. The summed E-state index contributed by atoms with van der Waals surface area (Å²) in [5, 5.41) is 3.48. The maximum Gasteiger partial charge on any atom is 0.298 e. The highest BCUT2D eigenvalue weighted by molar-refractivity contribution is 6.18. The van der Waals surface area contributed by atoms with Crippen LogP contribution < -0.4 is 10.1 Å². The molecule has 2 aromatic rings. The van der Waals surface area contributed by atoms with E-state index in [1.54, 1.807) is 0 Å². The van der Waals surface area contributed by atoms with E-state index in [9.17, 15) is 4.79 Å². The van der Waals surface area contributed by atoms with Crippen molar-refractivity contribution >= 4 is 29.4 Å². The zero-order valence-electron chi connectivity index (χ0n) is 11.6. The fourth-order valence-corrected chi connectivity index (χ4v) is 3.06. The molecular formula is C17H16ClNO2. The first kappa shape index (κ1) is 14.0. The van der Waals surface area contributed by atoms with Crippen LogP contribution in [-0.2, 0) is 24.1 Å². The zero-order valence-corrected chi connectivity index (χ0v) is 12.3. The number of halogens is 1. The van der Waals surface area contributed by atoms with E-state index in [4.69, 9.17) is 16.3 Å². The number of carbonyl (C=O) groups is 1. The molecule has 1 N–H and O–H groups in total. The van der Waals surface area contributed by atoms with Crippen molar-refractivity contribution in [2.24, 2.45) is 0 Å². The Kier molecular flexibility index (Phi) is 4.11. The molecule has 0 bridgehead atoms. The molecule has 0 amide bonds. The van der Waals surface area contributed by atoms with Crippen LogP contribution >= 0.6 is 11.6 Å². The molecule has 108 valence electrons. The van der Waals surface area contributed by atoms with Gasteiger partial charge in [-0.05, 0) is 48.6 Å². The summed E-state index contributed by atoms with van der Waals surface area (Å²) < 4.78 is 5.11. The number of hydrogen-bond donors (Lipinski definition) is 1. The minimum atomic E-state index is 0.471. The summed E-state index contributed by atoms with van der Waals surface area (Å²) >= 11 is 5.92. The second-order valence-corrected chi connectivity index (χ2v) is 5.38. The highest BCUT2D eigenvalue weighted by Gasteiger charge is 2.18. The molecule has 1 aliphatic rings. The smallest absolute Gasteiger partial charge is 0.298 e. The van der Waals surface area contributed by atoms with Gasteiger partial charge in [-0.15, -0.1) is 11.6 Å². The van der Waals surface area contributed by atoms with Crippen molar-refractivity contribution in [2.75, 3.05) is 11.2 Å². The van der Waals surface area contributed by atoms with Crippen LogP contribution in [0.1, 0.15) is 16.7 Å². The number of ether oxygens (including phenoxy) is 1. The van der Waals surface area contributed by atoms with Crippen molar-refractivity contribution in [1.29, 1.82) is 0 Å². The van der Waals surface area contributed by atoms with Crippen LogP contribution in [0.2, 0.25) is 0 Å². The van der Waals surface area contributed by atoms with E-state index in [1.807, 2.05) is 18.2 Å². The average Bonchev–Trinajstić information content (AvgIpc) is 2.69. The van der Waals surface area contributed by atoms with Crippen molar-refractivity contribution in [3.8, 4) is 5.75 Å². The first-order valence-electron chi connectivity index (χ1n) is 6.99. The quantitative estimate of drug-likeness (QED) is 0.688. The first-order valence-corrected chi connectivity index (χ1v) is 7.53. The number of carbonyl (C=O) groups excluding carboxylic acids is 1. The number of para-hydroxylation sites is 1. The second kappa shape index (κ2) is 6.19. The Hall–Kier alpha value is -2.00. The molecule has 0 saturated carbocycles. The SMILES string of the molecule is O=COc1ccc2c(c1CCCl)CCc1ccccc1N2. The Labute approximate surface area is 128 Å². The normalized spacial score (nSPS) is 12.6. The van der Waals surface area contributed by atoms with Gasteiger partial charge >= 0.3 is 0 Å². The maximum absolute atomic E-state index is 10.7. The lowest BCUT2D eigenvalue weighted by Gasteiger charge is -2.16. The molecule has 0 radical (unpaired) electrons. The van der Waals surface area contributed by atoms with Crippen LogP contribution in [0.25, 0.3) is 0 Å². The lowest BCUT2D eigenvalue weighted by Crippen LogP contribution is -2.04. The monoisotopic (exact) mass is 301 g/mol. The van der Waals surface area contributed by atoms with Gasteiger partial charge in [0.2, 0.25) is 0 Å². The number of alkyl halides is 1. The number of aryl methyl sites for hydroxylation is 1. The van der Waals surface area contributed by atoms with Crippen LogP contribution in [0.3, 0.4) is 0 Å². The Morgan fingerprint density at radius 2 is 2.00 bits per heavy atom. The molecule has 3 nitrogen and oxygen atoms in total. The van der Waals surface area contributed by atoms with Gasteiger partial charge in [0.05, 0.1) is 0 Å². The molecular weight excluding hydrogens is 286 g/mol. The summed E-state index contributed by atoms with van der Waals surface area (Å²) in [5.74, 6) is 1.11. The third kappa shape index (κ3) is 2.74.